The summed E-state index contributed by atoms with van der Waals surface area (Å²) >= 11 is 0. The van der Waals surface area contributed by atoms with Crippen LogP contribution in [0.15, 0.2) is 0 Å². The number of piperazine rings is 1. The first-order chi connectivity index (χ1) is 13.0. The molecule has 0 atom stereocenters. The molecule has 4 heteroatoms. The van der Waals surface area contributed by atoms with Crippen LogP contribution in [-0.4, -0.2) is 73.5 Å². The van der Waals surface area contributed by atoms with Gasteiger partial charge in [-0.1, -0.05) is 55.4 Å². The van der Waals surface area contributed by atoms with Gasteiger partial charge in [0.15, 0.2) is 0 Å². The zero-order valence-corrected chi connectivity index (χ0v) is 20.5. The molecule has 0 radical (unpaired) electrons. The van der Waals surface area contributed by atoms with Crippen molar-refractivity contribution in [2.75, 3.05) is 52.9 Å². The van der Waals surface area contributed by atoms with E-state index in [0.717, 1.165) is 25.4 Å². The predicted molar refractivity (Wildman–Crippen MR) is 122 cm³/mol. The van der Waals surface area contributed by atoms with Crippen molar-refractivity contribution in [2.45, 2.75) is 74.7 Å². The highest BCUT2D eigenvalue weighted by Gasteiger charge is 2.39. The molecule has 2 saturated heterocycles. The van der Waals surface area contributed by atoms with Crippen LogP contribution in [0.1, 0.15) is 74.7 Å². The zero-order valence-electron chi connectivity index (χ0n) is 20.5. The topological polar surface area (TPSA) is 26.8 Å². The molecule has 0 aromatic heterocycles. The van der Waals surface area contributed by atoms with Gasteiger partial charge in [-0.15, -0.1) is 0 Å². The molecular weight excluding hydrogens is 346 g/mol. The first-order valence-electron chi connectivity index (χ1n) is 11.7. The lowest BCUT2D eigenvalue weighted by atomic mass is 9.69. The second kappa shape index (κ2) is 11.0. The molecule has 0 N–H and O–H groups in total. The molecule has 0 saturated carbocycles. The van der Waals surface area contributed by atoms with E-state index in [4.69, 9.17) is 0 Å². The Labute approximate surface area is 176 Å². The quantitative estimate of drug-likeness (QED) is 0.658. The molecular formula is C24H49N3O. The summed E-state index contributed by atoms with van der Waals surface area (Å²) in [5, 5.41) is 0. The maximum Gasteiger partial charge on any atom is 0.228 e. The molecule has 0 aromatic rings. The number of hydrogen-bond acceptors (Lipinski definition) is 3. The van der Waals surface area contributed by atoms with Crippen LogP contribution in [0, 0.1) is 22.7 Å². The Balaban J connectivity index is 0.00000190. The van der Waals surface area contributed by atoms with E-state index in [2.05, 4.69) is 63.3 Å². The van der Waals surface area contributed by atoms with Gasteiger partial charge in [0.2, 0.25) is 5.91 Å². The minimum absolute atomic E-state index is 0.193. The molecule has 2 rings (SSSR count). The van der Waals surface area contributed by atoms with Crippen molar-refractivity contribution >= 4 is 5.91 Å². The van der Waals surface area contributed by atoms with Gasteiger partial charge in [0.25, 0.3) is 0 Å². The summed E-state index contributed by atoms with van der Waals surface area (Å²) < 4.78 is 0. The third-order valence-corrected chi connectivity index (χ3v) is 7.05. The summed E-state index contributed by atoms with van der Waals surface area (Å²) in [6, 6.07) is 0. The van der Waals surface area contributed by atoms with Crippen molar-refractivity contribution in [3.63, 3.8) is 0 Å². The summed E-state index contributed by atoms with van der Waals surface area (Å²) in [5.41, 5.74) is -0.0725. The molecule has 0 spiro atoms. The molecule has 1 amide bonds. The number of amides is 1. The second-order valence-corrected chi connectivity index (χ2v) is 10.5. The Morgan fingerprint density at radius 3 is 1.89 bits per heavy atom. The Hall–Kier alpha value is -0.610. The van der Waals surface area contributed by atoms with Crippen molar-refractivity contribution in [1.82, 2.24) is 14.7 Å². The minimum atomic E-state index is -0.266. The van der Waals surface area contributed by atoms with Crippen LogP contribution in [0.2, 0.25) is 0 Å². The molecule has 2 heterocycles. The second-order valence-electron chi connectivity index (χ2n) is 10.5. The van der Waals surface area contributed by atoms with E-state index < -0.39 is 0 Å². The van der Waals surface area contributed by atoms with Crippen LogP contribution < -0.4 is 0 Å². The van der Waals surface area contributed by atoms with Crippen molar-refractivity contribution < 1.29 is 4.79 Å². The highest BCUT2D eigenvalue weighted by Crippen LogP contribution is 2.40. The van der Waals surface area contributed by atoms with Gasteiger partial charge in [-0.2, -0.15) is 0 Å². The van der Waals surface area contributed by atoms with Gasteiger partial charge in [0.05, 0.1) is 0 Å². The van der Waals surface area contributed by atoms with Crippen LogP contribution >= 0.6 is 0 Å². The molecule has 2 fully saturated rings. The van der Waals surface area contributed by atoms with Crippen molar-refractivity contribution in [2.24, 2.45) is 22.7 Å². The number of nitrogens with zero attached hydrogens (tertiary/aromatic N) is 3. The van der Waals surface area contributed by atoms with E-state index >= 15 is 0 Å². The summed E-state index contributed by atoms with van der Waals surface area (Å²) in [4.78, 5) is 20.4. The number of likely N-dealkylation sites (N-methyl/N-ethyl adjacent to an activating group) is 1. The smallest absolute Gasteiger partial charge is 0.228 e. The monoisotopic (exact) mass is 395 g/mol. The van der Waals surface area contributed by atoms with Gasteiger partial charge in [-0.25, -0.2) is 0 Å². The summed E-state index contributed by atoms with van der Waals surface area (Å²) in [7, 11) is 2.21. The van der Waals surface area contributed by atoms with Gasteiger partial charge in [-0.05, 0) is 43.6 Å². The van der Waals surface area contributed by atoms with E-state index in [1.807, 2.05) is 13.8 Å². The van der Waals surface area contributed by atoms with Gasteiger partial charge >= 0.3 is 0 Å². The number of piperidine rings is 1. The third-order valence-electron chi connectivity index (χ3n) is 7.05. The molecule has 28 heavy (non-hydrogen) atoms. The van der Waals surface area contributed by atoms with Crippen LogP contribution in [0.3, 0.4) is 0 Å². The Bertz CT molecular complexity index is 456. The van der Waals surface area contributed by atoms with Crippen LogP contribution in [0.25, 0.3) is 0 Å². The Morgan fingerprint density at radius 1 is 0.929 bits per heavy atom. The highest BCUT2D eigenvalue weighted by atomic mass is 16.2. The molecule has 2 aliphatic rings. The Morgan fingerprint density at radius 2 is 1.43 bits per heavy atom. The lowest BCUT2D eigenvalue weighted by Crippen LogP contribution is -2.50. The molecule has 2 aliphatic heterocycles. The van der Waals surface area contributed by atoms with Crippen molar-refractivity contribution in [3.8, 4) is 0 Å². The van der Waals surface area contributed by atoms with Gasteiger partial charge < -0.3 is 14.7 Å². The van der Waals surface area contributed by atoms with Crippen LogP contribution in [-0.2, 0) is 4.79 Å². The largest absolute Gasteiger partial charge is 0.342 e. The number of carbonyl (C=O) groups is 1. The number of hydrogen-bond donors (Lipinski definition) is 0. The number of carbonyl (C=O) groups excluding carboxylic acids is 1. The lowest BCUT2D eigenvalue weighted by Gasteiger charge is -2.42. The number of rotatable bonds is 6. The summed E-state index contributed by atoms with van der Waals surface area (Å²) in [6.45, 7) is 25.3. The maximum atomic E-state index is 13.2. The highest BCUT2D eigenvalue weighted by molar-refractivity contribution is 5.82. The van der Waals surface area contributed by atoms with E-state index in [0.29, 0.717) is 11.8 Å². The normalized spacial score (nSPS) is 20.9. The average molecular weight is 396 g/mol. The fourth-order valence-corrected chi connectivity index (χ4v) is 4.56. The van der Waals surface area contributed by atoms with Crippen molar-refractivity contribution in [1.29, 1.82) is 0 Å². The Kier molecular flexibility index (Phi) is 9.96. The summed E-state index contributed by atoms with van der Waals surface area (Å²) in [6.07, 6.45) is 3.29. The molecule has 0 unspecified atom stereocenters. The number of likely N-dealkylation sites (tertiary alicyclic amines) is 1. The predicted octanol–water partition coefficient (Wildman–Crippen LogP) is 4.60. The zero-order chi connectivity index (χ0) is 21.5. The molecule has 4 nitrogen and oxygen atoms in total. The van der Waals surface area contributed by atoms with Crippen LogP contribution in [0.5, 0.6) is 0 Å². The third kappa shape index (κ3) is 7.33. The van der Waals surface area contributed by atoms with E-state index in [1.54, 1.807) is 0 Å². The molecule has 0 bridgehead atoms. The van der Waals surface area contributed by atoms with Crippen LogP contribution in [0.4, 0.5) is 0 Å². The van der Waals surface area contributed by atoms with E-state index in [1.165, 1.54) is 45.6 Å². The van der Waals surface area contributed by atoms with Gasteiger partial charge in [-0.3, -0.25) is 4.79 Å². The first kappa shape index (κ1) is 25.4. The SMILES string of the molecule is CC.CC(C)C(C)(C)CC(C)(C)C(=O)N1CCC(CN2CCN(C)CC2)CC1. The molecule has 0 aliphatic carbocycles. The first-order valence-corrected chi connectivity index (χ1v) is 11.7. The summed E-state index contributed by atoms with van der Waals surface area (Å²) in [5.74, 6) is 1.71. The fraction of sp³-hybridized carbons (Fsp3) is 0.958. The molecule has 0 aromatic carbocycles. The van der Waals surface area contributed by atoms with Gasteiger partial charge in [0, 0.05) is 51.2 Å². The van der Waals surface area contributed by atoms with E-state index in [-0.39, 0.29) is 10.8 Å². The maximum absolute atomic E-state index is 13.2. The average Bonchev–Trinajstić information content (AvgIpc) is 2.64. The van der Waals surface area contributed by atoms with Crippen molar-refractivity contribution in [3.05, 3.63) is 0 Å². The fourth-order valence-electron chi connectivity index (χ4n) is 4.56. The minimum Gasteiger partial charge on any atom is -0.342 e. The van der Waals surface area contributed by atoms with Gasteiger partial charge in [0.1, 0.15) is 0 Å². The lowest BCUT2D eigenvalue weighted by molar-refractivity contribution is -0.144. The molecule has 166 valence electrons. The standard InChI is InChI=1S/C22H43N3O.C2H6/c1-18(2)21(3,4)17-22(5,6)20(26)25-10-8-19(9-11-25)16-24-14-12-23(7)13-15-24;1-2/h18-19H,8-17H2,1-7H3;1-2H3. The van der Waals surface area contributed by atoms with E-state index in [9.17, 15) is 4.79 Å².